The highest BCUT2D eigenvalue weighted by molar-refractivity contribution is 7.89. The van der Waals surface area contributed by atoms with E-state index in [0.717, 1.165) is 0 Å². The van der Waals surface area contributed by atoms with E-state index in [-0.39, 0.29) is 34.9 Å². The van der Waals surface area contributed by atoms with E-state index < -0.39 is 28.3 Å². The van der Waals surface area contributed by atoms with Gasteiger partial charge < -0.3 is 14.4 Å². The Balaban J connectivity index is 1.49. The Morgan fingerprint density at radius 2 is 1.76 bits per heavy atom. The summed E-state index contributed by atoms with van der Waals surface area (Å²) in [7, 11) is -4.32. The highest BCUT2D eigenvalue weighted by Crippen LogP contribution is 2.33. The minimum Gasteiger partial charge on any atom is -0.491 e. The van der Waals surface area contributed by atoms with E-state index in [1.54, 1.807) is 69.3 Å². The van der Waals surface area contributed by atoms with Crippen LogP contribution in [-0.2, 0) is 14.8 Å². The lowest BCUT2D eigenvalue weighted by atomic mass is 10.0. The van der Waals surface area contributed by atoms with Crippen molar-refractivity contribution in [2.24, 2.45) is 0 Å². The van der Waals surface area contributed by atoms with Crippen LogP contribution < -0.4 is 4.74 Å². The van der Waals surface area contributed by atoms with Crippen molar-refractivity contribution < 1.29 is 32.3 Å². The molecule has 3 aromatic carbocycles. The van der Waals surface area contributed by atoms with Crippen molar-refractivity contribution in [2.75, 3.05) is 26.2 Å². The van der Waals surface area contributed by atoms with Gasteiger partial charge in [0.1, 0.15) is 23.8 Å². The van der Waals surface area contributed by atoms with Gasteiger partial charge in [-0.05, 0) is 68.8 Å². The lowest BCUT2D eigenvalue weighted by molar-refractivity contribution is -0.0125. The number of ether oxygens (including phenoxy) is 2. The van der Waals surface area contributed by atoms with Crippen LogP contribution in [0, 0.1) is 5.82 Å². The number of rotatable bonds is 10. The van der Waals surface area contributed by atoms with Gasteiger partial charge in [-0.15, -0.1) is 0 Å². The molecule has 0 aliphatic heterocycles. The van der Waals surface area contributed by atoms with Crippen LogP contribution in [0.1, 0.15) is 20.8 Å². The summed E-state index contributed by atoms with van der Waals surface area (Å²) in [5.74, 6) is 0.0700. The average Bonchev–Trinajstić information content (AvgIpc) is 2.94. The molecule has 4 rings (SSSR count). The molecule has 1 amide bonds. The van der Waals surface area contributed by atoms with Gasteiger partial charge in [0.25, 0.3) is 10.0 Å². The molecular weight excluding hydrogens is 585 g/mol. The molecule has 12 heteroatoms. The number of carbonyl (C=O) groups excluding carboxylic acids is 1. The normalized spacial score (nSPS) is 12.0. The summed E-state index contributed by atoms with van der Waals surface area (Å²) >= 11 is 6.19. The number of hydroxylamine groups is 1. The van der Waals surface area contributed by atoms with Gasteiger partial charge in [0.2, 0.25) is 0 Å². The first-order valence-corrected chi connectivity index (χ1v) is 14.9. The molecule has 0 unspecified atom stereocenters. The molecule has 4 aromatic rings. The summed E-state index contributed by atoms with van der Waals surface area (Å²) < 4.78 is 51.6. The monoisotopic (exact) mass is 615 g/mol. The Bertz CT molecular complexity index is 1660. The van der Waals surface area contributed by atoms with Crippen molar-refractivity contribution in [1.29, 1.82) is 0 Å². The number of hydrogen-bond donors (Lipinski definition) is 1. The van der Waals surface area contributed by atoms with Crippen molar-refractivity contribution in [2.45, 2.75) is 31.3 Å². The van der Waals surface area contributed by atoms with Gasteiger partial charge in [-0.3, -0.25) is 10.2 Å². The lowest BCUT2D eigenvalue weighted by Gasteiger charge is -2.28. The minimum absolute atomic E-state index is 0.00354. The maximum absolute atomic E-state index is 13.5. The lowest BCUT2D eigenvalue weighted by Crippen LogP contribution is -2.43. The van der Waals surface area contributed by atoms with Gasteiger partial charge in [-0.1, -0.05) is 40.3 Å². The molecule has 9 nitrogen and oxygen atoms in total. The molecule has 1 N–H and O–H groups in total. The number of nitrogens with zero attached hydrogens (tertiary/aromatic N) is 3. The third kappa shape index (κ3) is 7.74. The second-order valence-electron chi connectivity index (χ2n) is 10.4. The average molecular weight is 616 g/mol. The van der Waals surface area contributed by atoms with Crippen molar-refractivity contribution in [3.8, 4) is 16.9 Å². The molecule has 222 valence electrons. The fourth-order valence-corrected chi connectivity index (χ4v) is 5.56. The Labute approximate surface area is 249 Å². The number of amides is 1. The van der Waals surface area contributed by atoms with Crippen LogP contribution in [0.25, 0.3) is 21.9 Å². The number of aromatic nitrogens is 1. The number of halogens is 2. The second-order valence-corrected chi connectivity index (χ2v) is 12.6. The second kappa shape index (κ2) is 13.0. The fraction of sp³-hybridized carbons (Fsp3) is 0.267. The van der Waals surface area contributed by atoms with E-state index in [1.165, 1.54) is 35.5 Å². The third-order valence-electron chi connectivity index (χ3n) is 6.12. The molecule has 0 aliphatic rings. The summed E-state index contributed by atoms with van der Waals surface area (Å²) in [6.07, 6.45) is 2.29. The smallest absolute Gasteiger partial charge is 0.410 e. The maximum atomic E-state index is 13.5. The summed E-state index contributed by atoms with van der Waals surface area (Å²) in [5, 5.41) is 12.1. The number of fused-ring (bicyclic) bond motifs is 1. The van der Waals surface area contributed by atoms with Gasteiger partial charge in [0.15, 0.2) is 0 Å². The zero-order valence-electron chi connectivity index (χ0n) is 23.3. The summed E-state index contributed by atoms with van der Waals surface area (Å²) in [6, 6.07) is 17.1. The van der Waals surface area contributed by atoms with Crippen LogP contribution in [0.2, 0.25) is 5.02 Å². The number of carbonyl (C=O) groups is 1. The van der Waals surface area contributed by atoms with Gasteiger partial charge in [0.05, 0.1) is 18.0 Å². The molecule has 0 bridgehead atoms. The van der Waals surface area contributed by atoms with E-state index in [4.69, 9.17) is 21.1 Å². The van der Waals surface area contributed by atoms with Crippen molar-refractivity contribution in [1.82, 2.24) is 14.4 Å². The SMILES string of the molecule is CC(C)(C)OC(=O)N(CCOc1ccc(Cl)cc1-c1ccc(F)cc1)CCN(O)S(=O)(=O)c1cccc2cnccc12. The van der Waals surface area contributed by atoms with E-state index in [0.29, 0.717) is 32.7 Å². The first kappa shape index (κ1) is 31.2. The van der Waals surface area contributed by atoms with Gasteiger partial charge in [-0.2, -0.15) is 0 Å². The number of sulfonamides is 1. The first-order valence-electron chi connectivity index (χ1n) is 13.1. The summed E-state index contributed by atoms with van der Waals surface area (Å²) in [5.41, 5.74) is 0.497. The molecule has 0 saturated carbocycles. The van der Waals surface area contributed by atoms with Gasteiger partial charge in [-0.25, -0.2) is 17.6 Å². The van der Waals surface area contributed by atoms with Crippen LogP contribution in [0.4, 0.5) is 9.18 Å². The van der Waals surface area contributed by atoms with Crippen LogP contribution in [0.3, 0.4) is 0 Å². The topological polar surface area (TPSA) is 109 Å². The van der Waals surface area contributed by atoms with E-state index in [2.05, 4.69) is 4.98 Å². The molecule has 1 heterocycles. The van der Waals surface area contributed by atoms with Crippen molar-refractivity contribution >= 4 is 38.5 Å². The Morgan fingerprint density at radius 3 is 2.48 bits per heavy atom. The van der Waals surface area contributed by atoms with Crippen LogP contribution in [0.15, 0.2) is 84.0 Å². The van der Waals surface area contributed by atoms with Crippen LogP contribution >= 0.6 is 11.6 Å². The van der Waals surface area contributed by atoms with Gasteiger partial charge in [0, 0.05) is 40.3 Å². The molecule has 0 fully saturated rings. The molecule has 42 heavy (non-hydrogen) atoms. The van der Waals surface area contributed by atoms with Crippen LogP contribution in [-0.4, -0.2) is 65.9 Å². The molecule has 1 aromatic heterocycles. The van der Waals surface area contributed by atoms with E-state index >= 15 is 0 Å². The molecule has 0 atom stereocenters. The molecule has 0 radical (unpaired) electrons. The van der Waals surface area contributed by atoms with E-state index in [1.807, 2.05) is 0 Å². The highest BCUT2D eigenvalue weighted by atomic mass is 35.5. The third-order valence-corrected chi connectivity index (χ3v) is 8.01. The molecule has 0 saturated heterocycles. The molecule has 0 aliphatic carbocycles. The standard InChI is InChI=1S/C30H31ClFN3O6S/c1-30(2,3)41-29(36)34(15-16-35(37)42(38,39)28-6-4-5-22-20-33-14-13-25(22)28)17-18-40-27-12-9-23(31)19-26(27)21-7-10-24(32)11-8-21/h4-14,19-20,37H,15-18H2,1-3H3. The Kier molecular flexibility index (Phi) is 9.67. The Hall–Kier alpha value is -3.77. The zero-order valence-corrected chi connectivity index (χ0v) is 24.9. The first-order chi connectivity index (χ1) is 19.8. The maximum Gasteiger partial charge on any atom is 0.410 e. The van der Waals surface area contributed by atoms with Gasteiger partial charge >= 0.3 is 6.09 Å². The quantitative estimate of drug-likeness (QED) is 0.206. The van der Waals surface area contributed by atoms with Crippen molar-refractivity contribution in [3.05, 3.63) is 90.0 Å². The summed E-state index contributed by atoms with van der Waals surface area (Å²) in [4.78, 5) is 18.2. The van der Waals surface area contributed by atoms with E-state index in [9.17, 15) is 22.8 Å². The predicted molar refractivity (Wildman–Crippen MR) is 158 cm³/mol. The summed E-state index contributed by atoms with van der Waals surface area (Å²) in [6.45, 7) is 4.52. The number of benzene rings is 3. The highest BCUT2D eigenvalue weighted by Gasteiger charge is 2.28. The molecular formula is C30H31ClFN3O6S. The predicted octanol–water partition coefficient (Wildman–Crippen LogP) is 6.39. The fourth-order valence-electron chi connectivity index (χ4n) is 4.13. The van der Waals surface area contributed by atoms with Crippen molar-refractivity contribution in [3.63, 3.8) is 0 Å². The molecule has 0 spiro atoms. The largest absolute Gasteiger partial charge is 0.491 e. The van der Waals surface area contributed by atoms with Crippen LogP contribution in [0.5, 0.6) is 5.75 Å². The zero-order chi connectivity index (χ0) is 30.5. The number of hydrogen-bond acceptors (Lipinski definition) is 7. The number of pyridine rings is 1. The minimum atomic E-state index is -4.32. The Morgan fingerprint density at radius 1 is 1.02 bits per heavy atom.